The fourth-order valence-electron chi connectivity index (χ4n) is 3.48. The molecular formula is C34H46N2O3. The molecule has 0 unspecified atom stereocenters. The molecule has 0 saturated carbocycles. The molecule has 1 aromatic rings. The molecule has 5 heteroatoms. The summed E-state index contributed by atoms with van der Waals surface area (Å²) in [4.78, 5) is 13.1. The highest BCUT2D eigenvalue weighted by Gasteiger charge is 2.17. The van der Waals surface area contributed by atoms with Crippen molar-refractivity contribution in [3.05, 3.63) is 144 Å². The predicted molar refractivity (Wildman–Crippen MR) is 167 cm³/mol. The van der Waals surface area contributed by atoms with Crippen LogP contribution >= 0.6 is 0 Å². The molecule has 210 valence electrons. The zero-order chi connectivity index (χ0) is 29.5. The molecule has 0 fully saturated rings. The smallest absolute Gasteiger partial charge is 0.149 e. The Kier molecular flexibility index (Phi) is 19.9. The summed E-state index contributed by atoms with van der Waals surface area (Å²) >= 11 is 0. The number of ether oxygens (including phenoxy) is 2. The van der Waals surface area contributed by atoms with Crippen LogP contribution in [0.2, 0.25) is 0 Å². The number of carbonyl (C=O) groups excluding carboxylic acids is 1. The summed E-state index contributed by atoms with van der Waals surface area (Å²) in [6.07, 6.45) is 21.8. The van der Waals surface area contributed by atoms with Gasteiger partial charge in [0.2, 0.25) is 0 Å². The molecule has 0 heterocycles. The van der Waals surface area contributed by atoms with Gasteiger partial charge in [0.05, 0.1) is 12.3 Å². The molecule has 0 aromatic heterocycles. The van der Waals surface area contributed by atoms with Gasteiger partial charge in [-0.2, -0.15) is 0 Å². The summed E-state index contributed by atoms with van der Waals surface area (Å²) in [6.45, 7) is 12.5. The monoisotopic (exact) mass is 530 g/mol. The van der Waals surface area contributed by atoms with Crippen LogP contribution in [-0.4, -0.2) is 46.6 Å². The van der Waals surface area contributed by atoms with Gasteiger partial charge < -0.3 is 19.7 Å². The first-order chi connectivity index (χ1) is 18.8. The summed E-state index contributed by atoms with van der Waals surface area (Å²) in [6, 6.07) is 10.1. The van der Waals surface area contributed by atoms with Gasteiger partial charge in [-0.15, -0.1) is 0 Å². The standard InChI is InChI=1S/C24H30N2O.C8H10O.C2H6O/c1-7-9-14-21(8-2)24(20(4)22-15-12-10-11-13-16-22)26(6)23(25-5)17-19(3)18-27;1-9-7-8-5-3-2-4-6-8;1-3-2/h7-10,12-18,25H,2-3,11H2,1,4-6H3;2-6H,7H2,1H3;1-2H3/b9-7-,21-14+,23-17-,24-20+;;. The molecule has 0 spiro atoms. The number of aldehydes is 1. The van der Waals surface area contributed by atoms with Gasteiger partial charge in [0, 0.05) is 41.0 Å². The van der Waals surface area contributed by atoms with Crippen molar-refractivity contribution in [2.45, 2.75) is 26.9 Å². The van der Waals surface area contributed by atoms with Crippen LogP contribution in [-0.2, 0) is 20.9 Å². The molecular weight excluding hydrogens is 484 g/mol. The van der Waals surface area contributed by atoms with Crippen molar-refractivity contribution >= 4 is 6.29 Å². The zero-order valence-electron chi connectivity index (χ0n) is 24.7. The van der Waals surface area contributed by atoms with Crippen LogP contribution in [0, 0.1) is 0 Å². The van der Waals surface area contributed by atoms with Gasteiger partial charge >= 0.3 is 0 Å². The Bertz CT molecular complexity index is 1100. The van der Waals surface area contributed by atoms with Gasteiger partial charge in [0.15, 0.2) is 0 Å². The number of methoxy groups -OCH3 is 2. The summed E-state index contributed by atoms with van der Waals surface area (Å²) in [5.41, 5.74) is 5.83. The molecule has 1 aromatic carbocycles. The van der Waals surface area contributed by atoms with Crippen molar-refractivity contribution < 1.29 is 14.3 Å². The lowest BCUT2D eigenvalue weighted by Crippen LogP contribution is -2.27. The van der Waals surface area contributed by atoms with E-state index in [1.54, 1.807) is 27.4 Å². The Morgan fingerprint density at radius 1 is 1.15 bits per heavy atom. The highest BCUT2D eigenvalue weighted by molar-refractivity contribution is 5.76. The summed E-state index contributed by atoms with van der Waals surface area (Å²) in [7, 11) is 8.74. The maximum Gasteiger partial charge on any atom is 0.149 e. The Hall–Kier alpha value is -3.93. The van der Waals surface area contributed by atoms with Crippen LogP contribution < -0.4 is 5.32 Å². The zero-order valence-corrected chi connectivity index (χ0v) is 24.7. The average Bonchev–Trinajstić information content (AvgIpc) is 3.24. The van der Waals surface area contributed by atoms with Crippen molar-refractivity contribution in [3.8, 4) is 0 Å². The van der Waals surface area contributed by atoms with Crippen molar-refractivity contribution in [3.63, 3.8) is 0 Å². The van der Waals surface area contributed by atoms with Gasteiger partial charge in [-0.3, -0.25) is 4.79 Å². The van der Waals surface area contributed by atoms with Gasteiger partial charge in [0.25, 0.3) is 0 Å². The van der Waals surface area contributed by atoms with Gasteiger partial charge in [-0.1, -0.05) is 98.2 Å². The van der Waals surface area contributed by atoms with Crippen LogP contribution in [0.15, 0.2) is 138 Å². The normalized spacial score (nSPS) is 13.6. The van der Waals surface area contributed by atoms with Gasteiger partial charge in [-0.05, 0) is 48.6 Å². The average molecular weight is 531 g/mol. The van der Waals surface area contributed by atoms with Crippen LogP contribution in [0.5, 0.6) is 0 Å². The van der Waals surface area contributed by atoms with E-state index in [-0.39, 0.29) is 0 Å². The highest BCUT2D eigenvalue weighted by atomic mass is 16.5. The van der Waals surface area contributed by atoms with E-state index in [1.807, 2.05) is 80.6 Å². The SMILES string of the molecule is C=CC(=C\C=C/C)/C(=C(/C)C1=CC=CCC=C1)N(C)/C(=C\C(=C)C=O)NC.COC.COCc1ccccc1. The Labute approximate surface area is 236 Å². The van der Waals surface area contributed by atoms with E-state index >= 15 is 0 Å². The van der Waals surface area contributed by atoms with Crippen molar-refractivity contribution in [1.82, 2.24) is 10.2 Å². The minimum absolute atomic E-state index is 0.400. The lowest BCUT2D eigenvalue weighted by atomic mass is 9.98. The van der Waals surface area contributed by atoms with Crippen molar-refractivity contribution in [2.24, 2.45) is 0 Å². The molecule has 5 nitrogen and oxygen atoms in total. The fourth-order valence-corrected chi connectivity index (χ4v) is 3.48. The number of allylic oxidation sites excluding steroid dienone is 13. The maximum absolute atomic E-state index is 11.0. The summed E-state index contributed by atoms with van der Waals surface area (Å²) < 4.78 is 9.18. The largest absolute Gasteiger partial charge is 0.388 e. The second-order valence-corrected chi connectivity index (χ2v) is 8.37. The molecule has 1 N–H and O–H groups in total. The van der Waals surface area contributed by atoms with E-state index in [4.69, 9.17) is 4.74 Å². The van der Waals surface area contributed by atoms with E-state index in [1.165, 1.54) is 5.56 Å². The molecule has 39 heavy (non-hydrogen) atoms. The van der Waals surface area contributed by atoms with Gasteiger partial charge in [-0.25, -0.2) is 0 Å². The van der Waals surface area contributed by atoms with E-state index in [2.05, 4.69) is 60.5 Å². The summed E-state index contributed by atoms with van der Waals surface area (Å²) in [5, 5.41) is 3.15. The number of nitrogens with zero attached hydrogens (tertiary/aromatic N) is 1. The molecule has 0 saturated heterocycles. The number of rotatable bonds is 11. The number of benzene rings is 1. The first-order valence-electron chi connectivity index (χ1n) is 12.8. The number of likely N-dealkylation sites (N-methyl/N-ethyl adjacent to an activating group) is 1. The van der Waals surface area contributed by atoms with E-state index in [0.29, 0.717) is 12.2 Å². The molecule has 1 aliphatic rings. The molecule has 0 atom stereocenters. The quantitative estimate of drug-likeness (QED) is 0.186. The van der Waals surface area contributed by atoms with E-state index in [0.717, 1.165) is 40.9 Å². The Morgan fingerprint density at radius 2 is 1.82 bits per heavy atom. The van der Waals surface area contributed by atoms with E-state index in [9.17, 15) is 4.79 Å². The number of nitrogens with one attached hydrogen (secondary N) is 1. The first-order valence-corrected chi connectivity index (χ1v) is 12.8. The second-order valence-electron chi connectivity index (χ2n) is 8.37. The predicted octanol–water partition coefficient (Wildman–Crippen LogP) is 7.23. The third kappa shape index (κ3) is 14.0. The third-order valence-corrected chi connectivity index (χ3v) is 5.31. The maximum atomic E-state index is 11.0. The second kappa shape index (κ2) is 22.1. The lowest BCUT2D eigenvalue weighted by Gasteiger charge is -2.28. The third-order valence-electron chi connectivity index (χ3n) is 5.31. The van der Waals surface area contributed by atoms with Crippen LogP contribution in [0.25, 0.3) is 0 Å². The Morgan fingerprint density at radius 3 is 2.36 bits per heavy atom. The van der Waals surface area contributed by atoms with Crippen LogP contribution in [0.4, 0.5) is 0 Å². The molecule has 0 bridgehead atoms. The minimum atomic E-state index is 0.400. The lowest BCUT2D eigenvalue weighted by molar-refractivity contribution is -0.104. The number of carbonyl (C=O) groups is 1. The molecule has 0 radical (unpaired) electrons. The highest BCUT2D eigenvalue weighted by Crippen LogP contribution is 2.28. The first kappa shape index (κ1) is 35.1. The van der Waals surface area contributed by atoms with E-state index < -0.39 is 0 Å². The topological polar surface area (TPSA) is 50.8 Å². The molecule has 0 aliphatic heterocycles. The molecule has 1 aliphatic carbocycles. The van der Waals surface area contributed by atoms with Crippen molar-refractivity contribution in [2.75, 3.05) is 35.4 Å². The fraction of sp³-hybridized carbons (Fsp3) is 0.265. The number of hydrogen-bond donors (Lipinski definition) is 1. The molecule has 0 amide bonds. The Balaban J connectivity index is 0.000000990. The molecule has 2 rings (SSSR count). The number of hydrogen-bond acceptors (Lipinski definition) is 5. The van der Waals surface area contributed by atoms with Gasteiger partial charge in [0.1, 0.15) is 12.1 Å². The van der Waals surface area contributed by atoms with Crippen molar-refractivity contribution in [1.29, 1.82) is 0 Å². The van der Waals surface area contributed by atoms with Crippen LogP contribution in [0.1, 0.15) is 25.8 Å². The minimum Gasteiger partial charge on any atom is -0.388 e. The summed E-state index contributed by atoms with van der Waals surface area (Å²) in [5.74, 6) is 0.767. The van der Waals surface area contributed by atoms with Crippen LogP contribution in [0.3, 0.4) is 0 Å².